The summed E-state index contributed by atoms with van der Waals surface area (Å²) in [7, 11) is 0. The first-order valence-electron chi connectivity index (χ1n) is 13.0. The highest BCUT2D eigenvalue weighted by Crippen LogP contribution is 2.18. The van der Waals surface area contributed by atoms with Crippen LogP contribution in [0.3, 0.4) is 0 Å². The minimum atomic E-state index is -1.22. The van der Waals surface area contributed by atoms with E-state index in [1.165, 1.54) is 12.1 Å². The smallest absolute Gasteiger partial charge is 0.255 e. The van der Waals surface area contributed by atoms with Gasteiger partial charge in [-0.2, -0.15) is 0 Å². The van der Waals surface area contributed by atoms with Gasteiger partial charge < -0.3 is 26.0 Å². The zero-order valence-electron chi connectivity index (χ0n) is 21.8. The fraction of sp³-hybridized carbons (Fsp3) is 0.267. The molecule has 0 saturated carbocycles. The minimum absolute atomic E-state index is 0.0926. The molecule has 9 nitrogen and oxygen atoms in total. The fourth-order valence-corrected chi connectivity index (χ4v) is 4.29. The number of hydrogen-bond acceptors (Lipinski definition) is 5. The number of ether oxygens (including phenoxy) is 1. The van der Waals surface area contributed by atoms with E-state index in [2.05, 4.69) is 21.3 Å². The van der Waals surface area contributed by atoms with E-state index >= 15 is 0 Å². The van der Waals surface area contributed by atoms with Crippen molar-refractivity contribution in [3.05, 3.63) is 101 Å². The van der Waals surface area contributed by atoms with Crippen LogP contribution >= 0.6 is 0 Å². The van der Waals surface area contributed by atoms with Crippen LogP contribution in [0.25, 0.3) is 0 Å². The molecule has 40 heavy (non-hydrogen) atoms. The summed E-state index contributed by atoms with van der Waals surface area (Å²) in [5, 5.41) is 10.9. The van der Waals surface area contributed by atoms with Gasteiger partial charge in [0.05, 0.1) is 18.5 Å². The summed E-state index contributed by atoms with van der Waals surface area (Å²) in [6.45, 7) is 0.460. The van der Waals surface area contributed by atoms with E-state index in [0.717, 1.165) is 11.1 Å². The van der Waals surface area contributed by atoms with Crippen LogP contribution in [0.4, 0.5) is 4.39 Å². The summed E-state index contributed by atoms with van der Waals surface area (Å²) in [5.74, 6) is -2.19. The van der Waals surface area contributed by atoms with Gasteiger partial charge in [-0.05, 0) is 41.8 Å². The summed E-state index contributed by atoms with van der Waals surface area (Å²) in [6, 6.07) is 19.5. The maximum Gasteiger partial charge on any atom is 0.255 e. The van der Waals surface area contributed by atoms with Gasteiger partial charge in [0, 0.05) is 13.0 Å². The first-order chi connectivity index (χ1) is 19.4. The van der Waals surface area contributed by atoms with Crippen molar-refractivity contribution in [2.75, 3.05) is 19.7 Å². The zero-order valence-corrected chi connectivity index (χ0v) is 21.8. The fourth-order valence-electron chi connectivity index (χ4n) is 4.29. The highest BCUT2D eigenvalue weighted by atomic mass is 19.1. The van der Waals surface area contributed by atoms with E-state index in [1.54, 1.807) is 36.4 Å². The number of benzene rings is 3. The second-order valence-corrected chi connectivity index (χ2v) is 9.34. The predicted octanol–water partition coefficient (Wildman–Crippen LogP) is 1.91. The molecule has 1 heterocycles. The third-order valence-corrected chi connectivity index (χ3v) is 6.36. The zero-order chi connectivity index (χ0) is 28.3. The molecule has 4 N–H and O–H groups in total. The van der Waals surface area contributed by atoms with Crippen LogP contribution in [0, 0.1) is 5.82 Å². The number of nitrogens with one attached hydrogen (secondary N) is 4. The number of para-hydroxylation sites is 1. The molecule has 208 valence electrons. The highest BCUT2D eigenvalue weighted by molar-refractivity contribution is 6.01. The molecular formula is C30H31FN4O5. The van der Waals surface area contributed by atoms with Crippen LogP contribution in [0.5, 0.6) is 5.75 Å². The Morgan fingerprint density at radius 3 is 2.40 bits per heavy atom. The molecule has 4 rings (SSSR count). The Morgan fingerprint density at radius 1 is 0.900 bits per heavy atom. The van der Waals surface area contributed by atoms with Gasteiger partial charge in [-0.25, -0.2) is 4.39 Å². The number of rotatable bonds is 6. The normalized spacial score (nSPS) is 18.2. The Kier molecular flexibility index (Phi) is 9.82. The topological polar surface area (TPSA) is 126 Å². The van der Waals surface area contributed by atoms with E-state index in [-0.39, 0.29) is 43.2 Å². The van der Waals surface area contributed by atoms with Crippen molar-refractivity contribution in [2.45, 2.75) is 31.3 Å². The van der Waals surface area contributed by atoms with Gasteiger partial charge in [-0.3, -0.25) is 19.2 Å². The van der Waals surface area contributed by atoms with E-state index < -0.39 is 42.1 Å². The molecule has 0 fully saturated rings. The molecule has 0 bridgehead atoms. The van der Waals surface area contributed by atoms with Crippen LogP contribution in [0.1, 0.15) is 27.9 Å². The average Bonchev–Trinajstić information content (AvgIpc) is 2.95. The van der Waals surface area contributed by atoms with E-state index in [1.807, 2.05) is 30.3 Å². The standard InChI is InChI=1S/C30H31FN4O5/c31-22-12-10-20(11-13-22)14-15-32-30(39)25-19-27(36)34-24(18-21-6-2-1-3-7-21)29(38)33-16-17-40-26-9-5-4-8-23(26)28(37)35-25/h1-13,24-25H,14-19H2,(H,32,39)(H,33,38)(H,34,36)(H,35,37)/t24-,25-/m0/s1. The summed E-state index contributed by atoms with van der Waals surface area (Å²) < 4.78 is 18.9. The monoisotopic (exact) mass is 546 g/mol. The lowest BCUT2D eigenvalue weighted by molar-refractivity contribution is -0.131. The lowest BCUT2D eigenvalue weighted by Gasteiger charge is -2.23. The molecule has 10 heteroatoms. The average molecular weight is 547 g/mol. The minimum Gasteiger partial charge on any atom is -0.491 e. The third kappa shape index (κ3) is 8.13. The second kappa shape index (κ2) is 13.9. The SMILES string of the molecule is O=C1C[C@@H](C(=O)NCCc2ccc(F)cc2)NC(=O)c2ccccc2OCCNC(=O)[C@H](Cc2ccccc2)N1. The summed E-state index contributed by atoms with van der Waals surface area (Å²) in [5.41, 5.74) is 1.85. The van der Waals surface area contributed by atoms with Crippen LogP contribution in [0.15, 0.2) is 78.9 Å². The van der Waals surface area contributed by atoms with Gasteiger partial charge in [0.2, 0.25) is 17.7 Å². The number of amides is 4. The van der Waals surface area contributed by atoms with Crippen LogP contribution in [-0.2, 0) is 27.2 Å². The van der Waals surface area contributed by atoms with Gasteiger partial charge in [0.1, 0.15) is 30.3 Å². The van der Waals surface area contributed by atoms with Crippen LogP contribution < -0.4 is 26.0 Å². The van der Waals surface area contributed by atoms with Gasteiger partial charge in [0.15, 0.2) is 0 Å². The molecule has 0 radical (unpaired) electrons. The van der Waals surface area contributed by atoms with Crippen molar-refractivity contribution in [3.8, 4) is 5.75 Å². The summed E-state index contributed by atoms with van der Waals surface area (Å²) in [4.78, 5) is 52.4. The predicted molar refractivity (Wildman–Crippen MR) is 146 cm³/mol. The molecule has 0 aromatic heterocycles. The molecule has 0 spiro atoms. The van der Waals surface area contributed by atoms with Crippen LogP contribution in [0.2, 0.25) is 0 Å². The second-order valence-electron chi connectivity index (χ2n) is 9.34. The Hall–Kier alpha value is -4.73. The first kappa shape index (κ1) is 28.3. The summed E-state index contributed by atoms with van der Waals surface area (Å²) in [6.07, 6.45) is 0.271. The van der Waals surface area contributed by atoms with Crippen molar-refractivity contribution < 1.29 is 28.3 Å². The van der Waals surface area contributed by atoms with Gasteiger partial charge in [0.25, 0.3) is 5.91 Å². The molecule has 0 unspecified atom stereocenters. The lowest BCUT2D eigenvalue weighted by Crippen LogP contribution is -2.53. The van der Waals surface area contributed by atoms with Gasteiger partial charge in [-0.1, -0.05) is 54.6 Å². The van der Waals surface area contributed by atoms with E-state index in [4.69, 9.17) is 4.74 Å². The maximum absolute atomic E-state index is 13.2. The van der Waals surface area contributed by atoms with Crippen molar-refractivity contribution in [2.24, 2.45) is 0 Å². The number of carbonyl (C=O) groups is 4. The van der Waals surface area contributed by atoms with Crippen LogP contribution in [-0.4, -0.2) is 55.4 Å². The molecule has 1 aliphatic heterocycles. The molecule has 1 aliphatic rings. The number of fused-ring (bicyclic) bond motifs is 1. The van der Waals surface area contributed by atoms with Crippen molar-refractivity contribution in [1.29, 1.82) is 0 Å². The summed E-state index contributed by atoms with van der Waals surface area (Å²) >= 11 is 0. The molecule has 0 saturated heterocycles. The Balaban J connectivity index is 1.52. The maximum atomic E-state index is 13.2. The first-order valence-corrected chi connectivity index (χ1v) is 13.0. The van der Waals surface area contributed by atoms with Crippen molar-refractivity contribution in [1.82, 2.24) is 21.3 Å². The molecule has 4 amide bonds. The third-order valence-electron chi connectivity index (χ3n) is 6.36. The number of carbonyl (C=O) groups excluding carboxylic acids is 4. The molecule has 2 atom stereocenters. The van der Waals surface area contributed by atoms with Gasteiger partial charge in [-0.15, -0.1) is 0 Å². The quantitative estimate of drug-likeness (QED) is 0.376. The van der Waals surface area contributed by atoms with E-state index in [0.29, 0.717) is 6.42 Å². The molecule has 3 aromatic carbocycles. The van der Waals surface area contributed by atoms with Crippen molar-refractivity contribution >= 4 is 23.6 Å². The molecular weight excluding hydrogens is 515 g/mol. The lowest BCUT2D eigenvalue weighted by atomic mass is 10.0. The van der Waals surface area contributed by atoms with Crippen molar-refractivity contribution in [3.63, 3.8) is 0 Å². The number of halogens is 1. The Morgan fingerprint density at radius 2 is 1.62 bits per heavy atom. The van der Waals surface area contributed by atoms with E-state index in [9.17, 15) is 23.6 Å². The molecule has 3 aromatic rings. The van der Waals surface area contributed by atoms with Gasteiger partial charge >= 0.3 is 0 Å². The largest absolute Gasteiger partial charge is 0.491 e. The number of hydrogen-bond donors (Lipinski definition) is 4. The highest BCUT2D eigenvalue weighted by Gasteiger charge is 2.28. The molecule has 0 aliphatic carbocycles. The Bertz CT molecular complexity index is 1330. The Labute approximate surface area is 231 Å².